The van der Waals surface area contributed by atoms with Crippen molar-refractivity contribution in [3.63, 3.8) is 0 Å². The number of hydrogen-bond acceptors (Lipinski definition) is 2. The lowest BCUT2D eigenvalue weighted by Crippen LogP contribution is -2.36. The first-order chi connectivity index (χ1) is 13.1. The van der Waals surface area contributed by atoms with Crippen molar-refractivity contribution in [2.75, 3.05) is 20.1 Å². The van der Waals surface area contributed by atoms with Crippen LogP contribution in [0.3, 0.4) is 0 Å². The molecule has 2 heteroatoms. The van der Waals surface area contributed by atoms with E-state index < -0.39 is 0 Å². The first-order valence-corrected chi connectivity index (χ1v) is 10.8. The molecule has 0 spiro atoms. The molecule has 0 N–H and O–H groups in total. The van der Waals surface area contributed by atoms with Gasteiger partial charge < -0.3 is 0 Å². The first-order valence-electron chi connectivity index (χ1n) is 10.8. The lowest BCUT2D eigenvalue weighted by atomic mass is 9.91. The average Bonchev–Trinajstić information content (AvgIpc) is 3.25. The van der Waals surface area contributed by atoms with Gasteiger partial charge in [-0.15, -0.1) is 0 Å². The van der Waals surface area contributed by atoms with Crippen LogP contribution in [0, 0.1) is 0 Å². The van der Waals surface area contributed by atoms with Crippen molar-refractivity contribution in [2.45, 2.75) is 64.1 Å². The van der Waals surface area contributed by atoms with Crippen LogP contribution in [-0.4, -0.2) is 36.0 Å². The van der Waals surface area contributed by atoms with Crippen molar-refractivity contribution in [2.24, 2.45) is 0 Å². The van der Waals surface area contributed by atoms with E-state index in [4.69, 9.17) is 0 Å². The van der Waals surface area contributed by atoms with Crippen molar-refractivity contribution < 1.29 is 0 Å². The van der Waals surface area contributed by atoms with Crippen LogP contribution in [0.4, 0.5) is 0 Å². The Balaban J connectivity index is 1.47. The Labute approximate surface area is 165 Å². The first kappa shape index (κ1) is 18.7. The van der Waals surface area contributed by atoms with Gasteiger partial charge in [-0.3, -0.25) is 9.80 Å². The molecule has 0 radical (unpaired) electrons. The van der Waals surface area contributed by atoms with Crippen LogP contribution in [0.5, 0.6) is 0 Å². The average molecular weight is 363 g/mol. The molecule has 2 aromatic rings. The van der Waals surface area contributed by atoms with Crippen molar-refractivity contribution in [1.82, 2.24) is 9.80 Å². The summed E-state index contributed by atoms with van der Waals surface area (Å²) in [4.78, 5) is 5.15. The zero-order valence-electron chi connectivity index (χ0n) is 17.2. The smallest absolute Gasteiger partial charge is 0.0347 e. The summed E-state index contributed by atoms with van der Waals surface area (Å²) < 4.78 is 0. The molecule has 0 bridgehead atoms. The fourth-order valence-corrected chi connectivity index (χ4v) is 4.91. The monoisotopic (exact) mass is 362 g/mol. The molecule has 27 heavy (non-hydrogen) atoms. The quantitative estimate of drug-likeness (QED) is 0.652. The highest BCUT2D eigenvalue weighted by Crippen LogP contribution is 2.34. The van der Waals surface area contributed by atoms with Gasteiger partial charge >= 0.3 is 0 Å². The van der Waals surface area contributed by atoms with Gasteiger partial charge in [-0.1, -0.05) is 55.0 Å². The summed E-state index contributed by atoms with van der Waals surface area (Å²) in [7, 11) is 2.28. The van der Waals surface area contributed by atoms with Crippen molar-refractivity contribution in [3.05, 3.63) is 59.7 Å². The Kier molecular flexibility index (Phi) is 5.66. The highest BCUT2D eigenvalue weighted by molar-refractivity contribution is 5.64. The fraction of sp³-hybridized carbons (Fsp3) is 0.520. The second-order valence-corrected chi connectivity index (χ2v) is 8.62. The predicted molar refractivity (Wildman–Crippen MR) is 115 cm³/mol. The number of likely N-dealkylation sites (tertiary alicyclic amines) is 2. The van der Waals surface area contributed by atoms with E-state index in [1.54, 1.807) is 0 Å². The van der Waals surface area contributed by atoms with E-state index in [-0.39, 0.29) is 0 Å². The van der Waals surface area contributed by atoms with Gasteiger partial charge in [-0.25, -0.2) is 0 Å². The number of benzene rings is 2. The molecule has 2 fully saturated rings. The largest absolute Gasteiger partial charge is 0.297 e. The van der Waals surface area contributed by atoms with E-state index in [2.05, 4.69) is 79.2 Å². The second-order valence-electron chi connectivity index (χ2n) is 8.62. The van der Waals surface area contributed by atoms with Crippen LogP contribution in [-0.2, 0) is 0 Å². The van der Waals surface area contributed by atoms with E-state index in [1.165, 1.54) is 67.4 Å². The molecule has 0 aromatic heterocycles. The van der Waals surface area contributed by atoms with Crippen LogP contribution < -0.4 is 0 Å². The van der Waals surface area contributed by atoms with Crippen LogP contribution in [0.2, 0.25) is 0 Å². The fourth-order valence-electron chi connectivity index (χ4n) is 4.91. The number of rotatable bonds is 4. The minimum atomic E-state index is 0.535. The van der Waals surface area contributed by atoms with Gasteiger partial charge in [-0.2, -0.15) is 0 Å². The van der Waals surface area contributed by atoms with E-state index in [1.807, 2.05) is 0 Å². The predicted octanol–water partition coefficient (Wildman–Crippen LogP) is 6.06. The Morgan fingerprint density at radius 3 is 2.04 bits per heavy atom. The summed E-state index contributed by atoms with van der Waals surface area (Å²) in [5.41, 5.74) is 5.55. The molecule has 2 heterocycles. The SMILES string of the molecule is CC(c1ccc(-c2ccc(C3CCCC(C)N3C)cc2)cc1)N1CCCC1. The summed E-state index contributed by atoms with van der Waals surface area (Å²) in [5, 5.41) is 0. The van der Waals surface area contributed by atoms with E-state index >= 15 is 0 Å². The maximum Gasteiger partial charge on any atom is 0.0347 e. The maximum absolute atomic E-state index is 2.60. The van der Waals surface area contributed by atoms with Gasteiger partial charge in [-0.05, 0) is 81.9 Å². The van der Waals surface area contributed by atoms with Gasteiger partial charge in [0.05, 0.1) is 0 Å². The van der Waals surface area contributed by atoms with Crippen LogP contribution in [0.1, 0.15) is 69.2 Å². The van der Waals surface area contributed by atoms with Crippen molar-refractivity contribution in [3.8, 4) is 11.1 Å². The zero-order valence-corrected chi connectivity index (χ0v) is 17.2. The summed E-state index contributed by atoms with van der Waals surface area (Å²) in [6.45, 7) is 7.19. The van der Waals surface area contributed by atoms with Gasteiger partial charge in [0.25, 0.3) is 0 Å². The molecule has 144 valence electrons. The van der Waals surface area contributed by atoms with Crippen molar-refractivity contribution in [1.29, 1.82) is 0 Å². The van der Waals surface area contributed by atoms with Crippen LogP contribution >= 0.6 is 0 Å². The molecule has 4 rings (SSSR count). The summed E-state index contributed by atoms with van der Waals surface area (Å²) in [5.74, 6) is 0. The Hall–Kier alpha value is -1.64. The topological polar surface area (TPSA) is 6.48 Å². The highest BCUT2D eigenvalue weighted by atomic mass is 15.2. The highest BCUT2D eigenvalue weighted by Gasteiger charge is 2.25. The maximum atomic E-state index is 2.60. The van der Waals surface area contributed by atoms with E-state index in [0.29, 0.717) is 18.1 Å². The van der Waals surface area contributed by atoms with Gasteiger partial charge in [0, 0.05) is 18.1 Å². The minimum absolute atomic E-state index is 0.535. The molecule has 2 aromatic carbocycles. The number of hydrogen-bond donors (Lipinski definition) is 0. The molecule has 0 saturated carbocycles. The normalized spacial score (nSPS) is 25.6. The molecule has 2 nitrogen and oxygen atoms in total. The third kappa shape index (κ3) is 3.97. The van der Waals surface area contributed by atoms with Crippen LogP contribution in [0.15, 0.2) is 48.5 Å². The Morgan fingerprint density at radius 2 is 1.41 bits per heavy atom. The van der Waals surface area contributed by atoms with Crippen LogP contribution in [0.25, 0.3) is 11.1 Å². The van der Waals surface area contributed by atoms with Gasteiger partial charge in [0.1, 0.15) is 0 Å². The molecule has 3 atom stereocenters. The minimum Gasteiger partial charge on any atom is -0.297 e. The standard InChI is InChI=1S/C25H34N2/c1-19-7-6-8-25(26(19)3)24-15-13-23(14-16-24)22-11-9-21(10-12-22)20(2)27-17-4-5-18-27/h9-16,19-20,25H,4-8,17-18H2,1-3H3. The van der Waals surface area contributed by atoms with Gasteiger partial charge in [0.2, 0.25) is 0 Å². The van der Waals surface area contributed by atoms with Crippen molar-refractivity contribution >= 4 is 0 Å². The molecule has 0 amide bonds. The summed E-state index contributed by atoms with van der Waals surface area (Å²) >= 11 is 0. The molecule has 2 aliphatic rings. The molecular formula is C25H34N2. The van der Waals surface area contributed by atoms with E-state index in [0.717, 1.165) is 0 Å². The second kappa shape index (κ2) is 8.16. The Morgan fingerprint density at radius 1 is 0.815 bits per heavy atom. The molecule has 3 unspecified atom stereocenters. The third-order valence-corrected chi connectivity index (χ3v) is 7.00. The number of piperidine rings is 1. The summed E-state index contributed by atoms with van der Waals surface area (Å²) in [6, 6.07) is 20.3. The Bertz CT molecular complexity index is 728. The number of nitrogens with zero attached hydrogens (tertiary/aromatic N) is 2. The molecule has 0 aliphatic carbocycles. The molecule has 2 saturated heterocycles. The third-order valence-electron chi connectivity index (χ3n) is 7.00. The van der Waals surface area contributed by atoms with Gasteiger partial charge in [0.15, 0.2) is 0 Å². The lowest BCUT2D eigenvalue weighted by Gasteiger charge is -2.38. The van der Waals surface area contributed by atoms with E-state index in [9.17, 15) is 0 Å². The zero-order chi connectivity index (χ0) is 18.8. The lowest BCUT2D eigenvalue weighted by molar-refractivity contribution is 0.126. The molecular weight excluding hydrogens is 328 g/mol. The molecule has 2 aliphatic heterocycles. The summed E-state index contributed by atoms with van der Waals surface area (Å²) in [6.07, 6.45) is 6.65.